The summed E-state index contributed by atoms with van der Waals surface area (Å²) in [5, 5.41) is 9.52. The van der Waals surface area contributed by atoms with Crippen molar-refractivity contribution in [2.75, 3.05) is 0 Å². The van der Waals surface area contributed by atoms with Gasteiger partial charge in [-0.2, -0.15) is 0 Å². The fourth-order valence-corrected chi connectivity index (χ4v) is 1.98. The molecule has 0 radical (unpaired) electrons. The van der Waals surface area contributed by atoms with Crippen LogP contribution in [0, 0.1) is 6.92 Å². The molecule has 0 aromatic carbocycles. The molecule has 1 N–H and O–H groups in total. The van der Waals surface area contributed by atoms with Gasteiger partial charge in [0.05, 0.1) is 6.10 Å². The number of pyridine rings is 1. The molecule has 0 aliphatic carbocycles. The zero-order chi connectivity index (χ0) is 12.4. The summed E-state index contributed by atoms with van der Waals surface area (Å²) in [4.78, 5) is 12.8. The zero-order valence-electron chi connectivity index (χ0n) is 9.55. The zero-order valence-corrected chi connectivity index (χ0v) is 11.1. The maximum Gasteiger partial charge on any atom is 0.179 e. The average molecular weight is 294 g/mol. The van der Waals surface area contributed by atoms with Gasteiger partial charge in [0.2, 0.25) is 0 Å². The standard InChI is InChI=1S/C12H12BrN3O/c1-7-9(8(2)17)6-15-12(16-7)11-10(13)4-3-5-14-11/h3-6,8,17H,1-2H3/t8-/m1/s1. The number of rotatable bonds is 2. The maximum atomic E-state index is 9.52. The van der Waals surface area contributed by atoms with Crippen LogP contribution < -0.4 is 0 Å². The Morgan fingerprint density at radius 1 is 1.35 bits per heavy atom. The molecular formula is C12H12BrN3O. The van der Waals surface area contributed by atoms with Crippen LogP contribution in [0.1, 0.15) is 24.3 Å². The van der Waals surface area contributed by atoms with E-state index in [1.54, 1.807) is 19.3 Å². The molecule has 4 nitrogen and oxygen atoms in total. The Morgan fingerprint density at radius 3 is 2.71 bits per heavy atom. The first-order valence-electron chi connectivity index (χ1n) is 5.22. The minimum Gasteiger partial charge on any atom is -0.389 e. The van der Waals surface area contributed by atoms with E-state index >= 15 is 0 Å². The SMILES string of the molecule is Cc1nc(-c2ncccc2Br)ncc1[C@@H](C)O. The molecule has 2 rings (SSSR count). The summed E-state index contributed by atoms with van der Waals surface area (Å²) in [5.41, 5.74) is 2.20. The van der Waals surface area contributed by atoms with Crippen molar-refractivity contribution in [1.82, 2.24) is 15.0 Å². The lowest BCUT2D eigenvalue weighted by Gasteiger charge is -2.09. The molecule has 0 aliphatic heterocycles. The van der Waals surface area contributed by atoms with Gasteiger partial charge in [0.1, 0.15) is 5.69 Å². The fourth-order valence-electron chi connectivity index (χ4n) is 1.55. The van der Waals surface area contributed by atoms with Crippen LogP contribution in [0.2, 0.25) is 0 Å². The molecule has 0 saturated heterocycles. The van der Waals surface area contributed by atoms with Crippen LogP contribution in [0.25, 0.3) is 11.5 Å². The Morgan fingerprint density at radius 2 is 2.12 bits per heavy atom. The van der Waals surface area contributed by atoms with Gasteiger partial charge in [0.25, 0.3) is 0 Å². The quantitative estimate of drug-likeness (QED) is 0.925. The number of hydrogen-bond acceptors (Lipinski definition) is 4. The van der Waals surface area contributed by atoms with E-state index in [1.807, 2.05) is 19.1 Å². The number of aliphatic hydroxyl groups excluding tert-OH is 1. The van der Waals surface area contributed by atoms with E-state index in [4.69, 9.17) is 0 Å². The molecule has 0 bridgehead atoms. The summed E-state index contributed by atoms with van der Waals surface area (Å²) in [5.74, 6) is 0.555. The van der Waals surface area contributed by atoms with Gasteiger partial charge in [0, 0.05) is 28.1 Å². The second-order valence-electron chi connectivity index (χ2n) is 3.74. The molecule has 2 heterocycles. The van der Waals surface area contributed by atoms with E-state index in [1.165, 1.54) is 0 Å². The summed E-state index contributed by atoms with van der Waals surface area (Å²) >= 11 is 3.41. The molecule has 1 atom stereocenters. The summed E-state index contributed by atoms with van der Waals surface area (Å²) < 4.78 is 0.851. The first-order valence-corrected chi connectivity index (χ1v) is 6.01. The van der Waals surface area contributed by atoms with E-state index in [0.29, 0.717) is 11.5 Å². The number of nitrogens with zero attached hydrogens (tertiary/aromatic N) is 3. The molecule has 0 spiro atoms. The van der Waals surface area contributed by atoms with E-state index in [-0.39, 0.29) is 0 Å². The van der Waals surface area contributed by atoms with Gasteiger partial charge >= 0.3 is 0 Å². The van der Waals surface area contributed by atoms with Crippen LogP contribution in [0.4, 0.5) is 0 Å². The topological polar surface area (TPSA) is 58.9 Å². The third-order valence-corrected chi connectivity index (χ3v) is 3.08. The van der Waals surface area contributed by atoms with Crippen molar-refractivity contribution >= 4 is 15.9 Å². The lowest BCUT2D eigenvalue weighted by atomic mass is 10.1. The van der Waals surface area contributed by atoms with Crippen molar-refractivity contribution < 1.29 is 5.11 Å². The van der Waals surface area contributed by atoms with Crippen LogP contribution in [0.5, 0.6) is 0 Å². The predicted octanol–water partition coefficient (Wildman–Crippen LogP) is 2.66. The molecule has 88 valence electrons. The number of hydrogen-bond donors (Lipinski definition) is 1. The molecule has 0 unspecified atom stereocenters. The summed E-state index contributed by atoms with van der Waals surface area (Å²) in [6.45, 7) is 3.55. The Kier molecular flexibility index (Phi) is 3.49. The number of halogens is 1. The van der Waals surface area contributed by atoms with Gasteiger partial charge < -0.3 is 5.11 Å². The Bertz CT molecular complexity index is 543. The molecule has 0 aliphatic rings. The van der Waals surface area contributed by atoms with Crippen LogP contribution in [-0.2, 0) is 0 Å². The highest BCUT2D eigenvalue weighted by atomic mass is 79.9. The maximum absolute atomic E-state index is 9.52. The van der Waals surface area contributed by atoms with Crippen LogP contribution in [-0.4, -0.2) is 20.1 Å². The van der Waals surface area contributed by atoms with E-state index in [2.05, 4.69) is 30.9 Å². The normalized spacial score (nSPS) is 12.5. The molecule has 2 aromatic rings. The third-order valence-electron chi connectivity index (χ3n) is 2.44. The Labute approximate surface area is 108 Å². The van der Waals surface area contributed by atoms with Crippen LogP contribution >= 0.6 is 15.9 Å². The van der Waals surface area contributed by atoms with Gasteiger partial charge in [-0.3, -0.25) is 4.98 Å². The van der Waals surface area contributed by atoms with Gasteiger partial charge in [0.15, 0.2) is 5.82 Å². The van der Waals surface area contributed by atoms with Crippen molar-refractivity contribution in [3.05, 3.63) is 40.3 Å². The number of aliphatic hydroxyl groups is 1. The number of aromatic nitrogens is 3. The van der Waals surface area contributed by atoms with Crippen molar-refractivity contribution in [3.63, 3.8) is 0 Å². The van der Waals surface area contributed by atoms with Crippen molar-refractivity contribution in [1.29, 1.82) is 0 Å². The second-order valence-corrected chi connectivity index (χ2v) is 4.60. The molecule has 0 fully saturated rings. The Balaban J connectivity index is 2.49. The van der Waals surface area contributed by atoms with E-state index < -0.39 is 6.10 Å². The monoisotopic (exact) mass is 293 g/mol. The largest absolute Gasteiger partial charge is 0.389 e. The molecule has 0 amide bonds. The van der Waals surface area contributed by atoms with Crippen molar-refractivity contribution in [2.45, 2.75) is 20.0 Å². The Hall–Kier alpha value is -1.33. The first-order chi connectivity index (χ1) is 8.09. The molecule has 17 heavy (non-hydrogen) atoms. The summed E-state index contributed by atoms with van der Waals surface area (Å²) in [6, 6.07) is 3.73. The molecule has 5 heteroatoms. The summed E-state index contributed by atoms with van der Waals surface area (Å²) in [7, 11) is 0. The van der Waals surface area contributed by atoms with Crippen LogP contribution in [0.3, 0.4) is 0 Å². The van der Waals surface area contributed by atoms with Crippen molar-refractivity contribution in [2.24, 2.45) is 0 Å². The molecular weight excluding hydrogens is 282 g/mol. The van der Waals surface area contributed by atoms with Crippen molar-refractivity contribution in [3.8, 4) is 11.5 Å². The van der Waals surface area contributed by atoms with E-state index in [0.717, 1.165) is 15.7 Å². The summed E-state index contributed by atoms with van der Waals surface area (Å²) in [6.07, 6.45) is 2.78. The van der Waals surface area contributed by atoms with Gasteiger partial charge in [-0.15, -0.1) is 0 Å². The van der Waals surface area contributed by atoms with E-state index in [9.17, 15) is 5.11 Å². The lowest BCUT2D eigenvalue weighted by molar-refractivity contribution is 0.197. The fraction of sp³-hybridized carbons (Fsp3) is 0.250. The molecule has 0 saturated carbocycles. The smallest absolute Gasteiger partial charge is 0.179 e. The highest BCUT2D eigenvalue weighted by Gasteiger charge is 2.11. The van der Waals surface area contributed by atoms with Crippen LogP contribution in [0.15, 0.2) is 29.0 Å². The third kappa shape index (κ3) is 2.50. The highest BCUT2D eigenvalue weighted by molar-refractivity contribution is 9.10. The van der Waals surface area contributed by atoms with Gasteiger partial charge in [-0.25, -0.2) is 9.97 Å². The first kappa shape index (κ1) is 12.1. The highest BCUT2D eigenvalue weighted by Crippen LogP contribution is 2.24. The van der Waals surface area contributed by atoms with Gasteiger partial charge in [-0.05, 0) is 41.9 Å². The minimum absolute atomic E-state index is 0.555. The predicted molar refractivity (Wildman–Crippen MR) is 68.3 cm³/mol. The average Bonchev–Trinajstić information content (AvgIpc) is 2.29. The van der Waals surface area contributed by atoms with Gasteiger partial charge in [-0.1, -0.05) is 0 Å². The molecule has 2 aromatic heterocycles. The lowest BCUT2D eigenvalue weighted by Crippen LogP contribution is -2.02. The minimum atomic E-state index is -0.559. The second kappa shape index (κ2) is 4.89. The number of aryl methyl sites for hydroxylation is 1.